The minimum Gasteiger partial charge on any atom is -0.371 e. The van der Waals surface area contributed by atoms with Crippen molar-refractivity contribution in [1.29, 1.82) is 5.26 Å². The molecule has 2 aliphatic carbocycles. The average Bonchev–Trinajstić information content (AvgIpc) is 3.70. The molecule has 1 unspecified atom stereocenters. The molecule has 1 aliphatic heterocycles. The van der Waals surface area contributed by atoms with Crippen LogP contribution < -0.4 is 22.0 Å². The van der Waals surface area contributed by atoms with Gasteiger partial charge in [-0.05, 0) is 69.7 Å². The van der Waals surface area contributed by atoms with Crippen LogP contribution in [0.25, 0.3) is 10.9 Å². The zero-order chi connectivity index (χ0) is 21.9. The summed E-state index contributed by atoms with van der Waals surface area (Å²) in [5, 5.41) is 9.47. The van der Waals surface area contributed by atoms with Crippen LogP contribution >= 0.6 is 0 Å². The van der Waals surface area contributed by atoms with Crippen LogP contribution in [0.4, 0.5) is 5.69 Å². The Morgan fingerprint density at radius 1 is 1.26 bits per heavy atom. The molecule has 5 rings (SSSR count). The number of aromatic nitrogens is 2. The Hall–Kier alpha value is -2.79. The van der Waals surface area contributed by atoms with Crippen molar-refractivity contribution in [3.05, 3.63) is 38.5 Å². The summed E-state index contributed by atoms with van der Waals surface area (Å²) in [6, 6.07) is 6.25. The number of aryl methyl sites for hydroxylation is 1. The number of nitrogen functional groups attached to an aromatic ring is 1. The number of benzene rings is 1. The third kappa shape index (κ3) is 3.06. The van der Waals surface area contributed by atoms with E-state index in [1.54, 1.807) is 4.57 Å². The zero-order valence-electron chi connectivity index (χ0n) is 18.3. The van der Waals surface area contributed by atoms with Crippen molar-refractivity contribution in [3.63, 3.8) is 0 Å². The first-order chi connectivity index (χ1) is 14.9. The largest absolute Gasteiger partial charge is 0.371 e. The van der Waals surface area contributed by atoms with Gasteiger partial charge in [0.25, 0.3) is 5.56 Å². The normalized spacial score (nSPS) is 22.3. The molecule has 1 atom stereocenters. The predicted octanol–water partition coefficient (Wildman–Crippen LogP) is 1.72. The van der Waals surface area contributed by atoms with Crippen LogP contribution in [0.5, 0.6) is 0 Å². The lowest BCUT2D eigenvalue weighted by molar-refractivity contribution is 0.164. The summed E-state index contributed by atoms with van der Waals surface area (Å²) in [6.45, 7) is 4.77. The molecule has 3 aliphatic rings. The highest BCUT2D eigenvalue weighted by Crippen LogP contribution is 2.51. The smallest absolute Gasteiger partial charge is 0.350 e. The number of nitrogens with zero attached hydrogens (tertiary/aromatic N) is 5. The molecule has 2 saturated carbocycles. The van der Waals surface area contributed by atoms with E-state index in [0.717, 1.165) is 60.3 Å². The fraction of sp³-hybridized carbons (Fsp3) is 0.609. The Morgan fingerprint density at radius 3 is 2.65 bits per heavy atom. The number of hydrogen-bond donors (Lipinski definition) is 1. The van der Waals surface area contributed by atoms with Crippen LogP contribution in [-0.2, 0) is 0 Å². The highest BCUT2D eigenvalue weighted by molar-refractivity contribution is 5.87. The summed E-state index contributed by atoms with van der Waals surface area (Å²) in [5.74, 6) is 6.36. The van der Waals surface area contributed by atoms with Crippen LogP contribution in [0.3, 0.4) is 0 Å². The third-order valence-electron chi connectivity index (χ3n) is 7.79. The topological polar surface area (TPSA) is 100 Å². The quantitative estimate of drug-likeness (QED) is 0.712. The second kappa shape index (κ2) is 7.13. The SMILES string of the molecule is Cc1c(N2CCC(C3(N(C)CCC#N)CC3)C2)ccc2c(=O)n(N)c(=O)n(C3CC3)c12. The van der Waals surface area contributed by atoms with E-state index in [1.165, 1.54) is 12.8 Å². The first kappa shape index (κ1) is 20.1. The average molecular weight is 423 g/mol. The maximum atomic E-state index is 12.8. The fourth-order valence-corrected chi connectivity index (χ4v) is 5.70. The molecule has 0 bridgehead atoms. The Morgan fingerprint density at radius 2 is 2.00 bits per heavy atom. The van der Waals surface area contributed by atoms with Gasteiger partial charge in [0, 0.05) is 43.3 Å². The lowest BCUT2D eigenvalue weighted by atomic mass is 9.94. The number of anilines is 1. The number of fused-ring (bicyclic) bond motifs is 1. The lowest BCUT2D eigenvalue weighted by Crippen LogP contribution is -2.44. The highest BCUT2D eigenvalue weighted by atomic mass is 16.2. The molecule has 31 heavy (non-hydrogen) atoms. The molecule has 1 saturated heterocycles. The molecule has 0 amide bonds. The van der Waals surface area contributed by atoms with E-state index >= 15 is 0 Å². The third-order valence-corrected chi connectivity index (χ3v) is 7.79. The summed E-state index contributed by atoms with van der Waals surface area (Å²) < 4.78 is 2.49. The van der Waals surface area contributed by atoms with Gasteiger partial charge in [0.05, 0.1) is 17.0 Å². The van der Waals surface area contributed by atoms with Crippen LogP contribution in [0.2, 0.25) is 0 Å². The van der Waals surface area contributed by atoms with E-state index < -0.39 is 11.2 Å². The Balaban J connectivity index is 1.50. The van der Waals surface area contributed by atoms with Gasteiger partial charge in [-0.1, -0.05) is 0 Å². The molecule has 8 nitrogen and oxygen atoms in total. The van der Waals surface area contributed by atoms with Crippen LogP contribution in [0.1, 0.15) is 50.1 Å². The van der Waals surface area contributed by atoms with Gasteiger partial charge in [0.2, 0.25) is 0 Å². The van der Waals surface area contributed by atoms with Crippen LogP contribution in [0, 0.1) is 24.2 Å². The van der Waals surface area contributed by atoms with Crippen molar-refractivity contribution in [1.82, 2.24) is 14.1 Å². The Bertz CT molecular complexity index is 1200. The molecule has 0 spiro atoms. The first-order valence-corrected chi connectivity index (χ1v) is 11.3. The summed E-state index contributed by atoms with van der Waals surface area (Å²) in [6.07, 6.45) is 5.97. The van der Waals surface area contributed by atoms with Crippen molar-refractivity contribution in [2.45, 2.75) is 57.0 Å². The van der Waals surface area contributed by atoms with Crippen molar-refractivity contribution in [2.24, 2.45) is 5.92 Å². The maximum Gasteiger partial charge on any atom is 0.350 e. The molecule has 8 heteroatoms. The van der Waals surface area contributed by atoms with E-state index in [0.29, 0.717) is 17.7 Å². The Kier molecular flexibility index (Phi) is 4.63. The van der Waals surface area contributed by atoms with Gasteiger partial charge in [-0.3, -0.25) is 14.3 Å². The molecule has 2 N–H and O–H groups in total. The second-order valence-electron chi connectivity index (χ2n) is 9.53. The predicted molar refractivity (Wildman–Crippen MR) is 121 cm³/mol. The van der Waals surface area contributed by atoms with Gasteiger partial charge in [-0.25, -0.2) is 4.79 Å². The molecule has 0 radical (unpaired) electrons. The van der Waals surface area contributed by atoms with E-state index in [4.69, 9.17) is 11.1 Å². The number of rotatable bonds is 6. The molecule has 1 aromatic heterocycles. The van der Waals surface area contributed by atoms with E-state index in [1.807, 2.05) is 19.1 Å². The monoisotopic (exact) mass is 422 g/mol. The summed E-state index contributed by atoms with van der Waals surface area (Å²) >= 11 is 0. The molecular formula is C23H30N6O2. The van der Waals surface area contributed by atoms with E-state index in [-0.39, 0.29) is 11.6 Å². The number of nitriles is 1. The highest BCUT2D eigenvalue weighted by Gasteiger charge is 2.53. The van der Waals surface area contributed by atoms with Gasteiger partial charge in [0.1, 0.15) is 0 Å². The molecule has 2 aromatic rings. The molecule has 3 fully saturated rings. The van der Waals surface area contributed by atoms with Gasteiger partial charge in [-0.2, -0.15) is 9.94 Å². The molecule has 164 valence electrons. The summed E-state index contributed by atoms with van der Waals surface area (Å²) in [5.41, 5.74) is 2.21. The van der Waals surface area contributed by atoms with Gasteiger partial charge < -0.3 is 10.7 Å². The number of hydrogen-bond acceptors (Lipinski definition) is 6. The lowest BCUT2D eigenvalue weighted by Gasteiger charge is -2.33. The Labute approximate surface area is 181 Å². The molecule has 1 aromatic carbocycles. The van der Waals surface area contributed by atoms with Gasteiger partial charge >= 0.3 is 5.69 Å². The van der Waals surface area contributed by atoms with Gasteiger partial charge in [-0.15, -0.1) is 0 Å². The summed E-state index contributed by atoms with van der Waals surface area (Å²) in [7, 11) is 2.15. The fourth-order valence-electron chi connectivity index (χ4n) is 5.70. The zero-order valence-corrected chi connectivity index (χ0v) is 18.3. The number of nitrogens with two attached hydrogens (primary N) is 1. The minimum atomic E-state index is -0.429. The maximum absolute atomic E-state index is 12.8. The van der Waals surface area contributed by atoms with Crippen molar-refractivity contribution < 1.29 is 0 Å². The van der Waals surface area contributed by atoms with E-state index in [2.05, 4.69) is 22.9 Å². The van der Waals surface area contributed by atoms with Crippen LogP contribution in [-0.4, -0.2) is 46.4 Å². The van der Waals surface area contributed by atoms with Crippen molar-refractivity contribution >= 4 is 16.6 Å². The summed E-state index contributed by atoms with van der Waals surface area (Å²) in [4.78, 5) is 30.3. The molecular weight excluding hydrogens is 392 g/mol. The van der Waals surface area contributed by atoms with Crippen molar-refractivity contribution in [2.75, 3.05) is 37.4 Å². The second-order valence-corrected chi connectivity index (χ2v) is 9.53. The van der Waals surface area contributed by atoms with Gasteiger partial charge in [0.15, 0.2) is 0 Å². The standard InChI is InChI=1S/C23H30N6O2/c1-15-19(27-13-8-16(14-27)23(9-10-23)26(2)12-3-11-24)7-6-18-20(15)28(17-4-5-17)22(31)29(25)21(18)30/h6-7,16-17H,3-5,8-10,12-14,25H2,1-2H3. The first-order valence-electron chi connectivity index (χ1n) is 11.3. The molecule has 2 heterocycles. The minimum absolute atomic E-state index is 0.134. The van der Waals surface area contributed by atoms with Crippen LogP contribution in [0.15, 0.2) is 21.7 Å². The van der Waals surface area contributed by atoms with E-state index in [9.17, 15) is 9.59 Å². The van der Waals surface area contributed by atoms with Crippen molar-refractivity contribution in [3.8, 4) is 6.07 Å².